The number of para-hydroxylation sites is 1. The standard InChI is InChI=1S/C19H22N2O4S/c1-2-3-10-19(26-13-17(20)22,25-16-7-5-4-6-8-16)14-21-18(23)15-9-11-24-12-15/h2-9,11-12H,10,13-14H2,1H3,(H2,20,22)(H,21,23). The summed E-state index contributed by atoms with van der Waals surface area (Å²) >= 11 is 1.26. The minimum absolute atomic E-state index is 0.0754. The number of ether oxygens (including phenoxy) is 1. The van der Waals surface area contributed by atoms with Crippen LogP contribution < -0.4 is 15.8 Å². The van der Waals surface area contributed by atoms with E-state index in [1.54, 1.807) is 6.07 Å². The van der Waals surface area contributed by atoms with E-state index in [9.17, 15) is 9.59 Å². The molecule has 2 rings (SSSR count). The van der Waals surface area contributed by atoms with E-state index < -0.39 is 10.8 Å². The maximum atomic E-state index is 12.3. The molecule has 0 fully saturated rings. The first-order valence-corrected chi connectivity index (χ1v) is 9.11. The summed E-state index contributed by atoms with van der Waals surface area (Å²) < 4.78 is 11.1. The summed E-state index contributed by atoms with van der Waals surface area (Å²) in [5.74, 6) is -0.00413. The lowest BCUT2D eigenvalue weighted by Gasteiger charge is -2.33. The van der Waals surface area contributed by atoms with Crippen LogP contribution in [0, 0.1) is 0 Å². The number of carbonyl (C=O) groups is 2. The van der Waals surface area contributed by atoms with E-state index >= 15 is 0 Å². The van der Waals surface area contributed by atoms with Crippen LogP contribution in [0.1, 0.15) is 23.7 Å². The van der Waals surface area contributed by atoms with Crippen LogP contribution in [-0.2, 0) is 4.79 Å². The molecule has 138 valence electrons. The van der Waals surface area contributed by atoms with Gasteiger partial charge in [-0.05, 0) is 25.1 Å². The first-order chi connectivity index (χ1) is 12.5. The van der Waals surface area contributed by atoms with E-state index in [-0.39, 0.29) is 18.2 Å². The molecule has 7 heteroatoms. The summed E-state index contributed by atoms with van der Waals surface area (Å²) in [5.41, 5.74) is 5.74. The van der Waals surface area contributed by atoms with Crippen molar-refractivity contribution in [2.45, 2.75) is 18.3 Å². The minimum Gasteiger partial charge on any atom is -0.474 e. The van der Waals surface area contributed by atoms with Crippen molar-refractivity contribution in [3.05, 3.63) is 66.6 Å². The highest BCUT2D eigenvalue weighted by molar-refractivity contribution is 8.01. The van der Waals surface area contributed by atoms with Gasteiger partial charge in [0.05, 0.1) is 24.1 Å². The van der Waals surface area contributed by atoms with Gasteiger partial charge in [-0.2, -0.15) is 0 Å². The summed E-state index contributed by atoms with van der Waals surface area (Å²) in [6.07, 6.45) is 7.12. The average Bonchev–Trinajstić information content (AvgIpc) is 3.18. The molecule has 0 bridgehead atoms. The van der Waals surface area contributed by atoms with Gasteiger partial charge in [-0.15, -0.1) is 11.8 Å². The maximum Gasteiger partial charge on any atom is 0.254 e. The molecule has 2 amide bonds. The van der Waals surface area contributed by atoms with Crippen LogP contribution in [-0.4, -0.2) is 29.0 Å². The first kappa shape index (κ1) is 19.7. The van der Waals surface area contributed by atoms with Gasteiger partial charge in [0.25, 0.3) is 5.91 Å². The van der Waals surface area contributed by atoms with Crippen molar-refractivity contribution in [3.8, 4) is 5.75 Å². The van der Waals surface area contributed by atoms with Crippen molar-refractivity contribution in [2.75, 3.05) is 12.3 Å². The molecule has 0 saturated heterocycles. The highest BCUT2D eigenvalue weighted by atomic mass is 32.2. The molecule has 0 saturated carbocycles. The Morgan fingerprint density at radius 3 is 2.69 bits per heavy atom. The van der Waals surface area contributed by atoms with E-state index in [2.05, 4.69) is 5.32 Å². The van der Waals surface area contributed by atoms with Crippen molar-refractivity contribution < 1.29 is 18.7 Å². The van der Waals surface area contributed by atoms with E-state index in [0.717, 1.165) is 0 Å². The average molecular weight is 374 g/mol. The number of furan rings is 1. The van der Waals surface area contributed by atoms with Gasteiger partial charge in [-0.1, -0.05) is 30.4 Å². The number of nitrogens with one attached hydrogen (secondary N) is 1. The second-order valence-electron chi connectivity index (χ2n) is 5.55. The zero-order valence-electron chi connectivity index (χ0n) is 14.5. The van der Waals surface area contributed by atoms with Crippen LogP contribution in [0.15, 0.2) is 65.5 Å². The Morgan fingerprint density at radius 1 is 1.31 bits per heavy atom. The Bertz CT molecular complexity index is 731. The number of carbonyl (C=O) groups excluding carboxylic acids is 2. The molecule has 0 spiro atoms. The minimum atomic E-state index is -0.873. The highest BCUT2D eigenvalue weighted by Crippen LogP contribution is 2.32. The summed E-state index contributed by atoms with van der Waals surface area (Å²) in [6.45, 7) is 2.09. The summed E-state index contributed by atoms with van der Waals surface area (Å²) in [4.78, 5) is 22.7. The predicted octanol–water partition coefficient (Wildman–Crippen LogP) is 2.97. The zero-order chi connectivity index (χ0) is 18.8. The third-order valence-corrected chi connectivity index (χ3v) is 4.84. The normalized spacial score (nSPS) is 13.3. The summed E-state index contributed by atoms with van der Waals surface area (Å²) in [7, 11) is 0. The van der Waals surface area contributed by atoms with E-state index in [1.165, 1.54) is 24.3 Å². The van der Waals surface area contributed by atoms with Gasteiger partial charge < -0.3 is 20.2 Å². The number of benzene rings is 1. The van der Waals surface area contributed by atoms with Crippen molar-refractivity contribution >= 4 is 23.6 Å². The number of thioether (sulfide) groups is 1. The fourth-order valence-corrected chi connectivity index (χ4v) is 3.15. The van der Waals surface area contributed by atoms with Crippen LogP contribution >= 0.6 is 11.8 Å². The van der Waals surface area contributed by atoms with Gasteiger partial charge in [0.1, 0.15) is 12.0 Å². The largest absolute Gasteiger partial charge is 0.474 e. The zero-order valence-corrected chi connectivity index (χ0v) is 15.3. The maximum absolute atomic E-state index is 12.3. The van der Waals surface area contributed by atoms with E-state index in [1.807, 2.05) is 49.4 Å². The predicted molar refractivity (Wildman–Crippen MR) is 102 cm³/mol. The topological polar surface area (TPSA) is 94.6 Å². The van der Waals surface area contributed by atoms with Crippen molar-refractivity contribution in [2.24, 2.45) is 5.73 Å². The van der Waals surface area contributed by atoms with Gasteiger partial charge in [0.15, 0.2) is 4.93 Å². The monoisotopic (exact) mass is 374 g/mol. The Kier molecular flexibility index (Phi) is 7.35. The molecule has 0 radical (unpaired) electrons. The second-order valence-corrected chi connectivity index (χ2v) is 6.87. The molecule has 2 aromatic rings. The van der Waals surface area contributed by atoms with Crippen LogP contribution in [0.5, 0.6) is 5.75 Å². The van der Waals surface area contributed by atoms with Gasteiger partial charge in [0, 0.05) is 6.42 Å². The van der Waals surface area contributed by atoms with Crippen LogP contribution in [0.3, 0.4) is 0 Å². The molecule has 3 N–H and O–H groups in total. The van der Waals surface area contributed by atoms with Crippen LogP contribution in [0.2, 0.25) is 0 Å². The van der Waals surface area contributed by atoms with Gasteiger partial charge in [-0.25, -0.2) is 0 Å². The van der Waals surface area contributed by atoms with Gasteiger partial charge in [-0.3, -0.25) is 9.59 Å². The summed E-state index contributed by atoms with van der Waals surface area (Å²) in [5, 5.41) is 2.85. The molecule has 1 aromatic carbocycles. The number of rotatable bonds is 10. The lowest BCUT2D eigenvalue weighted by Crippen LogP contribution is -2.45. The molecule has 1 heterocycles. The SMILES string of the molecule is CC=CCC(CNC(=O)c1ccoc1)(Oc1ccccc1)SCC(N)=O. The molecule has 26 heavy (non-hydrogen) atoms. The fraction of sp³-hybridized carbons (Fsp3) is 0.263. The summed E-state index contributed by atoms with van der Waals surface area (Å²) in [6, 6.07) is 10.8. The number of primary amides is 1. The van der Waals surface area contributed by atoms with Crippen LogP contribution in [0.25, 0.3) is 0 Å². The molecule has 6 nitrogen and oxygen atoms in total. The number of hydrogen-bond donors (Lipinski definition) is 2. The number of amides is 2. The quantitative estimate of drug-likeness (QED) is 0.492. The third-order valence-electron chi connectivity index (χ3n) is 3.49. The van der Waals surface area contributed by atoms with Crippen molar-refractivity contribution in [1.82, 2.24) is 5.32 Å². The molecule has 1 unspecified atom stereocenters. The molecule has 0 aliphatic carbocycles. The van der Waals surface area contributed by atoms with Crippen molar-refractivity contribution in [1.29, 1.82) is 0 Å². The Morgan fingerprint density at radius 2 is 2.08 bits per heavy atom. The van der Waals surface area contributed by atoms with Gasteiger partial charge >= 0.3 is 0 Å². The smallest absolute Gasteiger partial charge is 0.254 e. The van der Waals surface area contributed by atoms with E-state index in [4.69, 9.17) is 14.9 Å². The Labute approximate surface area is 156 Å². The number of hydrogen-bond acceptors (Lipinski definition) is 5. The molecular weight excluding hydrogens is 352 g/mol. The van der Waals surface area contributed by atoms with Gasteiger partial charge in [0.2, 0.25) is 5.91 Å². The molecular formula is C19H22N2O4S. The molecule has 1 atom stereocenters. The Balaban J connectivity index is 2.20. The Hall–Kier alpha value is -2.67. The van der Waals surface area contributed by atoms with Crippen LogP contribution in [0.4, 0.5) is 0 Å². The number of allylic oxidation sites excluding steroid dienone is 1. The number of nitrogens with two attached hydrogens (primary N) is 1. The molecule has 1 aromatic heterocycles. The third kappa shape index (κ3) is 6.00. The molecule has 0 aliphatic rings. The fourth-order valence-electron chi connectivity index (χ4n) is 2.20. The van der Waals surface area contributed by atoms with E-state index in [0.29, 0.717) is 17.7 Å². The van der Waals surface area contributed by atoms with Crippen molar-refractivity contribution in [3.63, 3.8) is 0 Å². The lowest BCUT2D eigenvalue weighted by atomic mass is 10.2. The molecule has 0 aliphatic heterocycles. The highest BCUT2D eigenvalue weighted by Gasteiger charge is 2.33. The first-order valence-electron chi connectivity index (χ1n) is 8.12. The lowest BCUT2D eigenvalue weighted by molar-refractivity contribution is -0.115. The second kappa shape index (κ2) is 9.72.